The van der Waals surface area contributed by atoms with Crippen LogP contribution in [-0.4, -0.2) is 18.1 Å². The Morgan fingerprint density at radius 1 is 1.91 bits per heavy atom. The Kier molecular flexibility index (Phi) is 2.85. The van der Waals surface area contributed by atoms with Gasteiger partial charge in [0.2, 0.25) is 0 Å². The Hall–Kier alpha value is -1.10. The zero-order chi connectivity index (χ0) is 8.10. The first-order chi connectivity index (χ1) is 5.33. The van der Waals surface area contributed by atoms with Crippen molar-refractivity contribution < 1.29 is 9.53 Å². The van der Waals surface area contributed by atoms with Crippen molar-refractivity contribution >= 4 is 17.4 Å². The SMILES string of the molecule is CNC(=O)OCc1nccs1. The molecule has 11 heavy (non-hydrogen) atoms. The van der Waals surface area contributed by atoms with Crippen molar-refractivity contribution in [1.29, 1.82) is 0 Å². The molecule has 0 aromatic carbocycles. The fraction of sp³-hybridized carbons (Fsp3) is 0.333. The van der Waals surface area contributed by atoms with Crippen LogP contribution in [0.25, 0.3) is 0 Å². The number of hydrogen-bond donors (Lipinski definition) is 1. The lowest BCUT2D eigenvalue weighted by atomic mass is 10.7. The number of nitrogens with one attached hydrogen (secondary N) is 1. The molecule has 1 aromatic rings. The summed E-state index contributed by atoms with van der Waals surface area (Å²) in [5.74, 6) is 0. The van der Waals surface area contributed by atoms with Gasteiger partial charge in [-0.15, -0.1) is 11.3 Å². The Balaban J connectivity index is 2.29. The van der Waals surface area contributed by atoms with E-state index in [2.05, 4.69) is 10.3 Å². The summed E-state index contributed by atoms with van der Waals surface area (Å²) in [6.07, 6.45) is 1.24. The van der Waals surface area contributed by atoms with E-state index in [9.17, 15) is 4.79 Å². The molecule has 0 spiro atoms. The van der Waals surface area contributed by atoms with Gasteiger partial charge in [0.1, 0.15) is 11.6 Å². The van der Waals surface area contributed by atoms with Crippen LogP contribution in [0.2, 0.25) is 0 Å². The number of carbonyl (C=O) groups excluding carboxylic acids is 1. The molecule has 0 aliphatic carbocycles. The second kappa shape index (κ2) is 3.92. The minimum atomic E-state index is -0.430. The molecule has 1 heterocycles. The molecule has 4 nitrogen and oxygen atoms in total. The van der Waals surface area contributed by atoms with Crippen LogP contribution in [0.5, 0.6) is 0 Å². The maximum absolute atomic E-state index is 10.6. The van der Waals surface area contributed by atoms with Gasteiger partial charge in [0.15, 0.2) is 0 Å². The molecule has 0 saturated carbocycles. The number of rotatable bonds is 2. The fourth-order valence-electron chi connectivity index (χ4n) is 0.524. The van der Waals surface area contributed by atoms with Gasteiger partial charge in [-0.05, 0) is 0 Å². The van der Waals surface area contributed by atoms with E-state index < -0.39 is 6.09 Å². The molecule has 1 N–H and O–H groups in total. The molecule has 0 atom stereocenters. The molecule has 1 rings (SSSR count). The number of carbonyl (C=O) groups is 1. The Morgan fingerprint density at radius 2 is 2.73 bits per heavy atom. The number of alkyl carbamates (subject to hydrolysis) is 1. The molecule has 0 bridgehead atoms. The van der Waals surface area contributed by atoms with Gasteiger partial charge in [0.05, 0.1) is 0 Å². The third-order valence-corrected chi connectivity index (χ3v) is 1.77. The van der Waals surface area contributed by atoms with Crippen LogP contribution >= 0.6 is 11.3 Å². The second-order valence-corrected chi connectivity index (χ2v) is 2.73. The number of hydrogen-bond acceptors (Lipinski definition) is 4. The quantitative estimate of drug-likeness (QED) is 0.724. The van der Waals surface area contributed by atoms with E-state index in [1.54, 1.807) is 6.20 Å². The van der Waals surface area contributed by atoms with E-state index in [4.69, 9.17) is 4.74 Å². The van der Waals surface area contributed by atoms with Gasteiger partial charge in [0, 0.05) is 18.6 Å². The molecule has 0 aliphatic heterocycles. The lowest BCUT2D eigenvalue weighted by molar-refractivity contribution is 0.142. The minimum Gasteiger partial charge on any atom is -0.442 e. The summed E-state index contributed by atoms with van der Waals surface area (Å²) in [5.41, 5.74) is 0. The standard InChI is InChI=1S/C6H8N2O2S/c1-7-6(9)10-4-5-8-2-3-11-5/h2-3H,4H2,1H3,(H,7,9). The average molecular weight is 172 g/mol. The molecule has 0 fully saturated rings. The zero-order valence-corrected chi connectivity index (χ0v) is 6.85. The van der Waals surface area contributed by atoms with Gasteiger partial charge in [0.25, 0.3) is 0 Å². The number of thiazole rings is 1. The van der Waals surface area contributed by atoms with Crippen LogP contribution in [0.15, 0.2) is 11.6 Å². The summed E-state index contributed by atoms with van der Waals surface area (Å²) >= 11 is 1.46. The molecule has 0 unspecified atom stereocenters. The molecule has 60 valence electrons. The van der Waals surface area contributed by atoms with Crippen LogP contribution in [0.3, 0.4) is 0 Å². The maximum atomic E-state index is 10.6. The molecule has 5 heteroatoms. The van der Waals surface area contributed by atoms with Crippen molar-refractivity contribution in [2.45, 2.75) is 6.61 Å². The van der Waals surface area contributed by atoms with Gasteiger partial charge >= 0.3 is 6.09 Å². The highest BCUT2D eigenvalue weighted by Crippen LogP contribution is 2.04. The van der Waals surface area contributed by atoms with Gasteiger partial charge < -0.3 is 10.1 Å². The van der Waals surface area contributed by atoms with Crippen LogP contribution in [-0.2, 0) is 11.3 Å². The number of ether oxygens (including phenoxy) is 1. The van der Waals surface area contributed by atoms with E-state index in [0.717, 1.165) is 5.01 Å². The second-order valence-electron chi connectivity index (χ2n) is 1.75. The molecule has 0 saturated heterocycles. The smallest absolute Gasteiger partial charge is 0.407 e. The van der Waals surface area contributed by atoms with E-state index in [-0.39, 0.29) is 6.61 Å². The van der Waals surface area contributed by atoms with Crippen molar-refractivity contribution in [3.63, 3.8) is 0 Å². The van der Waals surface area contributed by atoms with E-state index >= 15 is 0 Å². The highest BCUT2D eigenvalue weighted by molar-refractivity contribution is 7.09. The van der Waals surface area contributed by atoms with Crippen molar-refractivity contribution in [1.82, 2.24) is 10.3 Å². The lowest BCUT2D eigenvalue weighted by Crippen LogP contribution is -2.18. The number of nitrogens with zero attached hydrogens (tertiary/aromatic N) is 1. The highest BCUT2D eigenvalue weighted by atomic mass is 32.1. The largest absolute Gasteiger partial charge is 0.442 e. The Labute approximate surface area is 68.2 Å². The van der Waals surface area contributed by atoms with Crippen molar-refractivity contribution in [2.24, 2.45) is 0 Å². The summed E-state index contributed by atoms with van der Waals surface area (Å²) in [4.78, 5) is 14.5. The predicted molar refractivity (Wildman–Crippen MR) is 41.4 cm³/mol. The van der Waals surface area contributed by atoms with Crippen LogP contribution < -0.4 is 5.32 Å². The Bertz CT molecular complexity index is 222. The van der Waals surface area contributed by atoms with Gasteiger partial charge in [-0.25, -0.2) is 9.78 Å². The average Bonchev–Trinajstić information content (AvgIpc) is 2.52. The van der Waals surface area contributed by atoms with Crippen molar-refractivity contribution in [3.8, 4) is 0 Å². The minimum absolute atomic E-state index is 0.247. The first-order valence-corrected chi connectivity index (χ1v) is 3.94. The van der Waals surface area contributed by atoms with E-state index in [1.807, 2.05) is 5.38 Å². The molecule has 0 aliphatic rings. The number of amides is 1. The van der Waals surface area contributed by atoms with Crippen LogP contribution in [0.4, 0.5) is 4.79 Å². The van der Waals surface area contributed by atoms with E-state index in [1.165, 1.54) is 18.4 Å². The summed E-state index contributed by atoms with van der Waals surface area (Å²) in [6, 6.07) is 0. The van der Waals surface area contributed by atoms with Crippen molar-refractivity contribution in [3.05, 3.63) is 16.6 Å². The number of aromatic nitrogens is 1. The predicted octanol–water partition coefficient (Wildman–Crippen LogP) is 0.999. The highest BCUT2D eigenvalue weighted by Gasteiger charge is 1.99. The third kappa shape index (κ3) is 2.55. The maximum Gasteiger partial charge on any atom is 0.407 e. The lowest BCUT2D eigenvalue weighted by Gasteiger charge is -1.99. The first kappa shape index (κ1) is 8.00. The summed E-state index contributed by atoms with van der Waals surface area (Å²) in [5, 5.41) is 4.98. The van der Waals surface area contributed by atoms with Crippen LogP contribution in [0.1, 0.15) is 5.01 Å². The monoisotopic (exact) mass is 172 g/mol. The molecule has 0 radical (unpaired) electrons. The zero-order valence-electron chi connectivity index (χ0n) is 6.03. The summed E-state index contributed by atoms with van der Waals surface area (Å²) < 4.78 is 4.73. The summed E-state index contributed by atoms with van der Waals surface area (Å²) in [7, 11) is 1.52. The van der Waals surface area contributed by atoms with Gasteiger partial charge in [-0.3, -0.25) is 0 Å². The molecule has 1 aromatic heterocycles. The van der Waals surface area contributed by atoms with Gasteiger partial charge in [-0.2, -0.15) is 0 Å². The topological polar surface area (TPSA) is 51.2 Å². The van der Waals surface area contributed by atoms with E-state index in [0.29, 0.717) is 0 Å². The fourth-order valence-corrected chi connectivity index (χ4v) is 1.05. The molecular formula is C6H8N2O2S. The van der Waals surface area contributed by atoms with Gasteiger partial charge in [-0.1, -0.05) is 0 Å². The molecule has 1 amide bonds. The Morgan fingerprint density at radius 3 is 3.27 bits per heavy atom. The normalized spacial score (nSPS) is 9.18. The first-order valence-electron chi connectivity index (χ1n) is 3.06. The van der Waals surface area contributed by atoms with Crippen LogP contribution in [0, 0.1) is 0 Å². The van der Waals surface area contributed by atoms with Crippen molar-refractivity contribution in [2.75, 3.05) is 7.05 Å². The summed E-state index contributed by atoms with van der Waals surface area (Å²) in [6.45, 7) is 0.247. The molecular weight excluding hydrogens is 164 g/mol. The third-order valence-electron chi connectivity index (χ3n) is 1.01.